The number of nitrogens with zero attached hydrogens (tertiary/aromatic N) is 1. The highest BCUT2D eigenvalue weighted by atomic mass is 35.5. The van der Waals surface area contributed by atoms with E-state index in [9.17, 15) is 13.2 Å². The predicted octanol–water partition coefficient (Wildman–Crippen LogP) is 3.84. The first-order valence-electron chi connectivity index (χ1n) is 8.59. The Bertz CT molecular complexity index is 885. The van der Waals surface area contributed by atoms with Crippen LogP contribution in [0.5, 0.6) is 0 Å². The van der Waals surface area contributed by atoms with E-state index in [0.29, 0.717) is 42.2 Å². The van der Waals surface area contributed by atoms with Crippen LogP contribution in [0, 0.1) is 0 Å². The number of amides is 1. The molecule has 0 atom stereocenters. The monoisotopic (exact) mass is 392 g/mol. The predicted molar refractivity (Wildman–Crippen MR) is 105 cm³/mol. The molecule has 0 aliphatic carbocycles. The smallest absolute Gasteiger partial charge is 0.235 e. The Kier molecular flexibility index (Phi) is 5.84. The molecule has 1 fully saturated rings. The van der Waals surface area contributed by atoms with Crippen molar-refractivity contribution < 1.29 is 13.2 Å². The fourth-order valence-electron chi connectivity index (χ4n) is 2.97. The van der Waals surface area contributed by atoms with E-state index in [-0.39, 0.29) is 11.7 Å². The molecule has 0 unspecified atom stereocenters. The van der Waals surface area contributed by atoms with Crippen LogP contribution in [0.1, 0.15) is 24.8 Å². The van der Waals surface area contributed by atoms with Gasteiger partial charge in [0.25, 0.3) is 0 Å². The third-order valence-electron chi connectivity index (χ3n) is 4.33. The van der Waals surface area contributed by atoms with E-state index in [1.165, 1.54) is 4.31 Å². The maximum absolute atomic E-state index is 12.2. The number of hydrogen-bond acceptors (Lipinski definition) is 3. The SMILES string of the molecule is O=C(CCc1ccccc1)Nc1ccc(N2CCCCS2(=O)=O)c(Cl)c1. The molecule has 7 heteroatoms. The lowest BCUT2D eigenvalue weighted by atomic mass is 10.1. The number of carbonyl (C=O) groups is 1. The van der Waals surface area contributed by atoms with Gasteiger partial charge in [-0.15, -0.1) is 0 Å². The summed E-state index contributed by atoms with van der Waals surface area (Å²) in [5, 5.41) is 3.13. The summed E-state index contributed by atoms with van der Waals surface area (Å²) >= 11 is 6.29. The third kappa shape index (κ3) is 4.56. The molecule has 2 aromatic carbocycles. The third-order valence-corrected chi connectivity index (χ3v) is 6.49. The molecular weight excluding hydrogens is 372 g/mol. The summed E-state index contributed by atoms with van der Waals surface area (Å²) in [6.07, 6.45) is 2.51. The molecule has 5 nitrogen and oxygen atoms in total. The molecule has 1 saturated heterocycles. The number of aryl methyl sites for hydroxylation is 1. The van der Waals surface area contributed by atoms with Gasteiger partial charge in [0.1, 0.15) is 0 Å². The second-order valence-electron chi connectivity index (χ2n) is 6.30. The Hall–Kier alpha value is -2.05. The van der Waals surface area contributed by atoms with E-state index >= 15 is 0 Å². The lowest BCUT2D eigenvalue weighted by Gasteiger charge is -2.29. The van der Waals surface area contributed by atoms with Crippen LogP contribution in [0.2, 0.25) is 5.02 Å². The number of benzene rings is 2. The fourth-order valence-corrected chi connectivity index (χ4v) is 4.96. The number of anilines is 2. The number of rotatable bonds is 5. The van der Waals surface area contributed by atoms with Crippen LogP contribution in [-0.2, 0) is 21.2 Å². The first-order chi connectivity index (χ1) is 12.5. The quantitative estimate of drug-likeness (QED) is 0.840. The summed E-state index contributed by atoms with van der Waals surface area (Å²) in [5.74, 6) is 0.0321. The van der Waals surface area contributed by atoms with Gasteiger partial charge in [-0.2, -0.15) is 0 Å². The molecule has 3 rings (SSSR count). The molecule has 1 heterocycles. The zero-order valence-electron chi connectivity index (χ0n) is 14.3. The van der Waals surface area contributed by atoms with Crippen molar-refractivity contribution in [3.63, 3.8) is 0 Å². The summed E-state index contributed by atoms with van der Waals surface area (Å²) in [6.45, 7) is 0.435. The highest BCUT2D eigenvalue weighted by molar-refractivity contribution is 7.92. The van der Waals surface area contributed by atoms with Crippen molar-refractivity contribution in [3.05, 3.63) is 59.1 Å². The van der Waals surface area contributed by atoms with Gasteiger partial charge in [0.15, 0.2) is 0 Å². The summed E-state index contributed by atoms with van der Waals surface area (Å²) in [7, 11) is -3.31. The second kappa shape index (κ2) is 8.10. The van der Waals surface area contributed by atoms with Crippen LogP contribution < -0.4 is 9.62 Å². The Morgan fingerprint density at radius 1 is 1.12 bits per heavy atom. The van der Waals surface area contributed by atoms with Crippen LogP contribution >= 0.6 is 11.6 Å². The second-order valence-corrected chi connectivity index (χ2v) is 8.72. The van der Waals surface area contributed by atoms with Crippen molar-refractivity contribution in [2.45, 2.75) is 25.7 Å². The number of halogens is 1. The normalized spacial score (nSPS) is 16.3. The lowest BCUT2D eigenvalue weighted by Crippen LogP contribution is -2.38. The van der Waals surface area contributed by atoms with E-state index in [0.717, 1.165) is 12.0 Å². The van der Waals surface area contributed by atoms with Crippen molar-refractivity contribution in [1.29, 1.82) is 0 Å². The number of carbonyl (C=O) groups excluding carboxylic acids is 1. The molecule has 0 saturated carbocycles. The van der Waals surface area contributed by atoms with Gasteiger partial charge in [0, 0.05) is 18.7 Å². The first kappa shape index (κ1) is 18.7. The van der Waals surface area contributed by atoms with E-state index in [1.54, 1.807) is 18.2 Å². The van der Waals surface area contributed by atoms with E-state index in [4.69, 9.17) is 11.6 Å². The van der Waals surface area contributed by atoms with Crippen molar-refractivity contribution in [1.82, 2.24) is 0 Å². The van der Waals surface area contributed by atoms with Crippen LogP contribution in [-0.4, -0.2) is 26.6 Å². The number of hydrogen-bond donors (Lipinski definition) is 1. The molecule has 1 N–H and O–H groups in total. The Labute approximate surface area is 159 Å². The molecule has 26 heavy (non-hydrogen) atoms. The van der Waals surface area contributed by atoms with Crippen molar-refractivity contribution in [2.24, 2.45) is 0 Å². The maximum atomic E-state index is 12.2. The van der Waals surface area contributed by atoms with Gasteiger partial charge in [-0.3, -0.25) is 9.10 Å². The van der Waals surface area contributed by atoms with Crippen molar-refractivity contribution >= 4 is 38.9 Å². The fraction of sp³-hybridized carbons (Fsp3) is 0.316. The highest BCUT2D eigenvalue weighted by Gasteiger charge is 2.27. The largest absolute Gasteiger partial charge is 0.326 e. The minimum absolute atomic E-state index is 0.108. The zero-order valence-corrected chi connectivity index (χ0v) is 15.9. The molecular formula is C19H21ClN2O3S. The van der Waals surface area contributed by atoms with Crippen molar-refractivity contribution in [3.8, 4) is 0 Å². The van der Waals surface area contributed by atoms with Crippen LogP contribution in [0.15, 0.2) is 48.5 Å². The molecule has 1 amide bonds. The molecule has 1 aliphatic rings. The van der Waals surface area contributed by atoms with E-state index in [2.05, 4.69) is 5.32 Å². The van der Waals surface area contributed by atoms with Gasteiger partial charge in [0.05, 0.1) is 16.5 Å². The van der Waals surface area contributed by atoms with Gasteiger partial charge >= 0.3 is 0 Å². The average molecular weight is 393 g/mol. The van der Waals surface area contributed by atoms with Gasteiger partial charge in [0.2, 0.25) is 15.9 Å². The summed E-state index contributed by atoms with van der Waals surface area (Å²) < 4.78 is 25.8. The van der Waals surface area contributed by atoms with Gasteiger partial charge in [-0.25, -0.2) is 8.42 Å². The van der Waals surface area contributed by atoms with Crippen LogP contribution in [0.4, 0.5) is 11.4 Å². The number of sulfonamides is 1. The highest BCUT2D eigenvalue weighted by Crippen LogP contribution is 2.32. The summed E-state index contributed by atoms with van der Waals surface area (Å²) in [4.78, 5) is 12.1. The minimum atomic E-state index is -3.31. The average Bonchev–Trinajstić information content (AvgIpc) is 2.61. The Morgan fingerprint density at radius 2 is 1.88 bits per heavy atom. The summed E-state index contributed by atoms with van der Waals surface area (Å²) in [5.41, 5.74) is 2.13. The van der Waals surface area contributed by atoms with Crippen LogP contribution in [0.3, 0.4) is 0 Å². The standard InChI is InChI=1S/C19H21ClN2O3S/c20-17-14-16(21-19(23)11-8-15-6-2-1-3-7-15)9-10-18(17)22-12-4-5-13-26(22,24)25/h1-3,6-7,9-10,14H,4-5,8,11-13H2,(H,21,23). The Balaban J connectivity index is 1.65. The summed E-state index contributed by atoms with van der Waals surface area (Å²) in [6, 6.07) is 14.7. The zero-order chi connectivity index (χ0) is 18.6. The molecule has 0 spiro atoms. The topological polar surface area (TPSA) is 66.5 Å². The molecule has 0 aromatic heterocycles. The molecule has 2 aromatic rings. The Morgan fingerprint density at radius 3 is 2.58 bits per heavy atom. The van der Waals surface area contributed by atoms with Gasteiger partial charge in [-0.1, -0.05) is 41.9 Å². The van der Waals surface area contributed by atoms with Crippen LogP contribution in [0.25, 0.3) is 0 Å². The van der Waals surface area contributed by atoms with E-state index < -0.39 is 10.0 Å². The molecule has 0 bridgehead atoms. The van der Waals surface area contributed by atoms with Gasteiger partial charge < -0.3 is 5.32 Å². The minimum Gasteiger partial charge on any atom is -0.326 e. The number of nitrogens with one attached hydrogen (secondary N) is 1. The van der Waals surface area contributed by atoms with Gasteiger partial charge in [-0.05, 0) is 43.0 Å². The molecule has 1 aliphatic heterocycles. The first-order valence-corrected chi connectivity index (χ1v) is 10.6. The van der Waals surface area contributed by atoms with E-state index in [1.807, 2.05) is 30.3 Å². The lowest BCUT2D eigenvalue weighted by molar-refractivity contribution is -0.116. The molecule has 138 valence electrons. The maximum Gasteiger partial charge on any atom is 0.235 e. The van der Waals surface area contributed by atoms with Crippen molar-refractivity contribution in [2.75, 3.05) is 21.9 Å². The molecule has 0 radical (unpaired) electrons.